The maximum atomic E-state index is 11.7. The summed E-state index contributed by atoms with van der Waals surface area (Å²) in [5.41, 5.74) is 9.14. The molecule has 0 N–H and O–H groups in total. The summed E-state index contributed by atoms with van der Waals surface area (Å²) in [7, 11) is 0. The van der Waals surface area contributed by atoms with E-state index in [1.54, 1.807) is 17.3 Å². The molecule has 7 nitrogen and oxygen atoms in total. The van der Waals surface area contributed by atoms with Crippen LogP contribution in [0.3, 0.4) is 0 Å². The van der Waals surface area contributed by atoms with Crippen molar-refractivity contribution in [2.24, 2.45) is 11.0 Å². The van der Waals surface area contributed by atoms with Crippen LogP contribution in [0.5, 0.6) is 0 Å². The summed E-state index contributed by atoms with van der Waals surface area (Å²) in [5.74, 6) is 0.218. The highest BCUT2D eigenvalue weighted by Crippen LogP contribution is 2.19. The highest BCUT2D eigenvalue weighted by molar-refractivity contribution is 5.78. The zero-order chi connectivity index (χ0) is 12.1. The molecule has 2 heterocycles. The summed E-state index contributed by atoms with van der Waals surface area (Å²) >= 11 is 0. The van der Waals surface area contributed by atoms with Gasteiger partial charge in [0.1, 0.15) is 6.33 Å². The Balaban J connectivity index is 1.94. The van der Waals surface area contributed by atoms with Crippen molar-refractivity contribution in [1.29, 1.82) is 0 Å². The lowest BCUT2D eigenvalue weighted by Gasteiger charge is -2.15. The number of carbonyl (C=O) groups is 1. The third-order valence-electron chi connectivity index (χ3n) is 2.69. The molecule has 1 saturated heterocycles. The maximum absolute atomic E-state index is 11.7. The summed E-state index contributed by atoms with van der Waals surface area (Å²) in [6.45, 7) is 1.53. The average Bonchev–Trinajstić information content (AvgIpc) is 2.69. The van der Waals surface area contributed by atoms with Gasteiger partial charge in [0.2, 0.25) is 5.91 Å². The van der Waals surface area contributed by atoms with Crippen molar-refractivity contribution >= 4 is 5.91 Å². The topological polar surface area (TPSA) is 94.9 Å². The van der Waals surface area contributed by atoms with Crippen LogP contribution in [-0.2, 0) is 11.3 Å². The normalized spacial score (nSPS) is 19.2. The lowest BCUT2D eigenvalue weighted by atomic mass is 10.1. The van der Waals surface area contributed by atoms with Crippen LogP contribution in [0, 0.1) is 5.92 Å². The molecule has 0 aromatic carbocycles. The number of azide groups is 1. The molecule has 2 rings (SSSR count). The van der Waals surface area contributed by atoms with Crippen molar-refractivity contribution in [2.75, 3.05) is 13.1 Å². The predicted molar refractivity (Wildman–Crippen MR) is 59.6 cm³/mol. The molecule has 0 aliphatic carbocycles. The van der Waals surface area contributed by atoms with Crippen LogP contribution < -0.4 is 0 Å². The first-order valence-corrected chi connectivity index (χ1v) is 5.32. The summed E-state index contributed by atoms with van der Waals surface area (Å²) in [5, 5.41) is 3.51. The van der Waals surface area contributed by atoms with Gasteiger partial charge in [-0.05, 0) is 11.4 Å². The van der Waals surface area contributed by atoms with Crippen molar-refractivity contribution in [1.82, 2.24) is 14.9 Å². The average molecular weight is 232 g/mol. The van der Waals surface area contributed by atoms with Gasteiger partial charge in [-0.3, -0.25) is 4.79 Å². The standard InChI is InChI=1S/C10H12N6O/c11-15-14-4-8-1-10(17)16(5-8)6-9-2-12-7-13-3-9/h2-3,7-8H,1,4-6H2. The molecule has 1 aliphatic heterocycles. The van der Waals surface area contributed by atoms with E-state index < -0.39 is 0 Å². The van der Waals surface area contributed by atoms with E-state index in [1.165, 1.54) is 6.33 Å². The molecule has 0 saturated carbocycles. The number of carbonyl (C=O) groups excluding carboxylic acids is 1. The summed E-state index contributed by atoms with van der Waals surface area (Å²) < 4.78 is 0. The second-order valence-corrected chi connectivity index (χ2v) is 4.00. The number of hydrogen-bond donors (Lipinski definition) is 0. The zero-order valence-corrected chi connectivity index (χ0v) is 9.23. The van der Waals surface area contributed by atoms with Crippen LogP contribution in [0.2, 0.25) is 0 Å². The molecule has 7 heteroatoms. The van der Waals surface area contributed by atoms with Crippen LogP contribution >= 0.6 is 0 Å². The smallest absolute Gasteiger partial charge is 0.223 e. The van der Waals surface area contributed by atoms with Gasteiger partial charge >= 0.3 is 0 Å². The fourth-order valence-corrected chi connectivity index (χ4v) is 1.91. The highest BCUT2D eigenvalue weighted by atomic mass is 16.2. The van der Waals surface area contributed by atoms with Crippen LogP contribution in [0.25, 0.3) is 10.4 Å². The Kier molecular flexibility index (Phi) is 3.52. The number of nitrogens with zero attached hydrogens (tertiary/aromatic N) is 6. The van der Waals surface area contributed by atoms with Crippen LogP contribution in [0.1, 0.15) is 12.0 Å². The fourth-order valence-electron chi connectivity index (χ4n) is 1.91. The van der Waals surface area contributed by atoms with E-state index in [2.05, 4.69) is 20.0 Å². The molecule has 1 unspecified atom stereocenters. The molecular weight excluding hydrogens is 220 g/mol. The summed E-state index contributed by atoms with van der Waals surface area (Å²) in [6.07, 6.45) is 5.30. The van der Waals surface area contributed by atoms with Gasteiger partial charge < -0.3 is 4.90 Å². The van der Waals surface area contributed by atoms with E-state index in [1.807, 2.05) is 0 Å². The van der Waals surface area contributed by atoms with E-state index in [0.29, 0.717) is 26.1 Å². The molecule has 17 heavy (non-hydrogen) atoms. The monoisotopic (exact) mass is 232 g/mol. The minimum atomic E-state index is 0.0898. The van der Waals surface area contributed by atoms with Crippen molar-refractivity contribution in [3.63, 3.8) is 0 Å². The lowest BCUT2D eigenvalue weighted by molar-refractivity contribution is -0.128. The molecule has 1 aromatic heterocycles. The number of aromatic nitrogens is 2. The van der Waals surface area contributed by atoms with Gasteiger partial charge in [-0.25, -0.2) is 9.97 Å². The van der Waals surface area contributed by atoms with Gasteiger partial charge in [0, 0.05) is 48.9 Å². The Labute approximate surface area is 98.1 Å². The van der Waals surface area contributed by atoms with Crippen LogP contribution in [0.4, 0.5) is 0 Å². The quantitative estimate of drug-likeness (QED) is 0.442. The van der Waals surface area contributed by atoms with E-state index in [4.69, 9.17) is 5.53 Å². The van der Waals surface area contributed by atoms with E-state index in [0.717, 1.165) is 5.56 Å². The Bertz CT molecular complexity index is 441. The van der Waals surface area contributed by atoms with Gasteiger partial charge in [-0.2, -0.15) is 0 Å². The molecule has 1 fully saturated rings. The number of rotatable bonds is 4. The molecule has 0 radical (unpaired) electrons. The molecule has 1 aromatic rings. The predicted octanol–water partition coefficient (Wildman–Crippen LogP) is 1.14. The first-order valence-electron chi connectivity index (χ1n) is 5.32. The zero-order valence-electron chi connectivity index (χ0n) is 9.23. The minimum absolute atomic E-state index is 0.0898. The fraction of sp³-hybridized carbons (Fsp3) is 0.500. The van der Waals surface area contributed by atoms with Gasteiger partial charge in [0.05, 0.1) is 0 Å². The molecule has 1 aliphatic rings. The third kappa shape index (κ3) is 2.92. The summed E-state index contributed by atoms with van der Waals surface area (Å²) in [4.78, 5) is 24.0. The van der Waals surface area contributed by atoms with Gasteiger partial charge in [-0.15, -0.1) is 0 Å². The van der Waals surface area contributed by atoms with E-state index in [-0.39, 0.29) is 11.8 Å². The molecule has 1 amide bonds. The first kappa shape index (κ1) is 11.3. The largest absolute Gasteiger partial charge is 0.338 e. The highest BCUT2D eigenvalue weighted by Gasteiger charge is 2.28. The molecule has 1 atom stereocenters. The first-order chi connectivity index (χ1) is 8.29. The van der Waals surface area contributed by atoms with Crippen LogP contribution in [0.15, 0.2) is 23.8 Å². The number of amides is 1. The Morgan fingerprint density at radius 3 is 3.00 bits per heavy atom. The maximum Gasteiger partial charge on any atom is 0.223 e. The SMILES string of the molecule is [N-]=[N+]=NCC1CC(=O)N(Cc2cncnc2)C1. The van der Waals surface area contributed by atoms with Crippen molar-refractivity contribution in [2.45, 2.75) is 13.0 Å². The molecule has 88 valence electrons. The van der Waals surface area contributed by atoms with Gasteiger partial charge in [0.15, 0.2) is 0 Å². The van der Waals surface area contributed by atoms with Crippen molar-refractivity contribution in [3.05, 3.63) is 34.7 Å². The Hall–Kier alpha value is -2.14. The van der Waals surface area contributed by atoms with Crippen LogP contribution in [-0.4, -0.2) is 33.9 Å². The number of hydrogen-bond acceptors (Lipinski definition) is 4. The lowest BCUT2D eigenvalue weighted by Crippen LogP contribution is -2.24. The van der Waals surface area contributed by atoms with Crippen molar-refractivity contribution < 1.29 is 4.79 Å². The second-order valence-electron chi connectivity index (χ2n) is 4.00. The van der Waals surface area contributed by atoms with Gasteiger partial charge in [-0.1, -0.05) is 5.11 Å². The molecule has 0 bridgehead atoms. The minimum Gasteiger partial charge on any atom is -0.338 e. The van der Waals surface area contributed by atoms with Crippen molar-refractivity contribution in [3.8, 4) is 0 Å². The van der Waals surface area contributed by atoms with E-state index in [9.17, 15) is 4.79 Å². The second kappa shape index (κ2) is 5.27. The Morgan fingerprint density at radius 1 is 1.53 bits per heavy atom. The van der Waals surface area contributed by atoms with Gasteiger partial charge in [0.25, 0.3) is 0 Å². The summed E-state index contributed by atoms with van der Waals surface area (Å²) in [6, 6.07) is 0. The number of likely N-dealkylation sites (tertiary alicyclic amines) is 1. The molecular formula is C10H12N6O. The van der Waals surface area contributed by atoms with E-state index >= 15 is 0 Å². The molecule has 0 spiro atoms. The third-order valence-corrected chi connectivity index (χ3v) is 2.69. The Morgan fingerprint density at radius 2 is 2.29 bits per heavy atom.